The van der Waals surface area contributed by atoms with E-state index in [-0.39, 0.29) is 5.60 Å². The topological polar surface area (TPSA) is 43.4 Å². The van der Waals surface area contributed by atoms with Crippen molar-refractivity contribution in [3.63, 3.8) is 0 Å². The van der Waals surface area contributed by atoms with Crippen molar-refractivity contribution in [3.8, 4) is 0 Å². The molecule has 1 aromatic heterocycles. The second-order valence-corrected chi connectivity index (χ2v) is 5.98. The molecule has 20 heavy (non-hydrogen) atoms. The van der Waals surface area contributed by atoms with Crippen LogP contribution in [0.5, 0.6) is 0 Å². The highest BCUT2D eigenvalue weighted by Crippen LogP contribution is 2.34. The molecule has 0 radical (unpaired) electrons. The van der Waals surface area contributed by atoms with Crippen LogP contribution in [0.1, 0.15) is 36.9 Å². The average Bonchev–Trinajstić information content (AvgIpc) is 2.47. The second-order valence-electron chi connectivity index (χ2n) is 5.98. The van der Waals surface area contributed by atoms with Crippen LogP contribution >= 0.6 is 0 Å². The van der Waals surface area contributed by atoms with E-state index in [1.165, 1.54) is 5.56 Å². The van der Waals surface area contributed by atoms with Gasteiger partial charge in [0.25, 0.3) is 0 Å². The van der Waals surface area contributed by atoms with Crippen molar-refractivity contribution < 1.29 is 9.47 Å². The Morgan fingerprint density at radius 1 is 1.35 bits per heavy atom. The number of ether oxygens (including phenoxy) is 2. The van der Waals surface area contributed by atoms with Gasteiger partial charge in [0.15, 0.2) is 0 Å². The van der Waals surface area contributed by atoms with Gasteiger partial charge < -0.3 is 14.8 Å². The van der Waals surface area contributed by atoms with Crippen LogP contribution in [0, 0.1) is 6.92 Å². The average molecular weight is 276 g/mol. The molecule has 2 saturated heterocycles. The summed E-state index contributed by atoms with van der Waals surface area (Å²) in [6.07, 6.45) is 6.13. The van der Waals surface area contributed by atoms with Crippen LogP contribution in [-0.4, -0.2) is 36.4 Å². The van der Waals surface area contributed by atoms with Crippen molar-refractivity contribution in [2.24, 2.45) is 0 Å². The van der Waals surface area contributed by atoms with Crippen molar-refractivity contribution in [2.45, 2.75) is 50.8 Å². The van der Waals surface area contributed by atoms with Gasteiger partial charge in [-0.05, 0) is 44.2 Å². The van der Waals surface area contributed by atoms with Crippen LogP contribution in [0.3, 0.4) is 0 Å². The Morgan fingerprint density at radius 3 is 3.00 bits per heavy atom. The maximum absolute atomic E-state index is 6.08. The van der Waals surface area contributed by atoms with E-state index in [1.807, 2.05) is 12.3 Å². The first-order valence-electron chi connectivity index (χ1n) is 7.63. The summed E-state index contributed by atoms with van der Waals surface area (Å²) in [5, 5.41) is 3.67. The van der Waals surface area contributed by atoms with Gasteiger partial charge in [-0.15, -0.1) is 0 Å². The van der Waals surface area contributed by atoms with Crippen LogP contribution < -0.4 is 5.32 Å². The Labute approximate surface area is 120 Å². The molecule has 2 fully saturated rings. The van der Waals surface area contributed by atoms with E-state index in [4.69, 9.17) is 9.47 Å². The standard InChI is InChI=1S/C16H24N2O2/c1-13-3-2-7-17-15(13)12-18-14-4-8-20-16(11-14)5-9-19-10-6-16/h2-3,7,14,18H,4-6,8-12H2,1H3. The van der Waals surface area contributed by atoms with Gasteiger partial charge in [-0.25, -0.2) is 0 Å². The van der Waals surface area contributed by atoms with Crippen LogP contribution in [0.4, 0.5) is 0 Å². The fourth-order valence-electron chi connectivity index (χ4n) is 3.24. The lowest BCUT2D eigenvalue weighted by atomic mass is 9.84. The van der Waals surface area contributed by atoms with Crippen molar-refractivity contribution in [1.29, 1.82) is 0 Å². The quantitative estimate of drug-likeness (QED) is 0.919. The summed E-state index contributed by atoms with van der Waals surface area (Å²) in [5.41, 5.74) is 2.47. The summed E-state index contributed by atoms with van der Waals surface area (Å²) in [6.45, 7) is 5.51. The van der Waals surface area contributed by atoms with Gasteiger partial charge in [-0.2, -0.15) is 0 Å². The third kappa shape index (κ3) is 3.19. The number of aromatic nitrogens is 1. The van der Waals surface area contributed by atoms with Gasteiger partial charge in [-0.3, -0.25) is 4.98 Å². The summed E-state index contributed by atoms with van der Waals surface area (Å²) in [6, 6.07) is 4.64. The van der Waals surface area contributed by atoms with Crippen molar-refractivity contribution in [3.05, 3.63) is 29.6 Å². The van der Waals surface area contributed by atoms with Crippen molar-refractivity contribution in [1.82, 2.24) is 10.3 Å². The Hall–Kier alpha value is -0.970. The zero-order chi connectivity index (χ0) is 13.8. The van der Waals surface area contributed by atoms with Gasteiger partial charge in [0, 0.05) is 38.6 Å². The molecule has 3 rings (SSSR count). The number of pyridine rings is 1. The monoisotopic (exact) mass is 276 g/mol. The van der Waals surface area contributed by atoms with Crippen LogP contribution in [0.2, 0.25) is 0 Å². The third-order valence-corrected chi connectivity index (χ3v) is 4.57. The molecule has 0 bridgehead atoms. The summed E-state index contributed by atoms with van der Waals surface area (Å²) < 4.78 is 11.5. The Balaban J connectivity index is 1.56. The van der Waals surface area contributed by atoms with E-state index in [0.717, 1.165) is 57.7 Å². The van der Waals surface area contributed by atoms with Crippen LogP contribution in [0.25, 0.3) is 0 Å². The second kappa shape index (κ2) is 6.20. The van der Waals surface area contributed by atoms with Crippen LogP contribution in [-0.2, 0) is 16.0 Å². The van der Waals surface area contributed by atoms with Gasteiger partial charge >= 0.3 is 0 Å². The van der Waals surface area contributed by atoms with E-state index >= 15 is 0 Å². The van der Waals surface area contributed by atoms with E-state index < -0.39 is 0 Å². The summed E-state index contributed by atoms with van der Waals surface area (Å²) in [5.74, 6) is 0. The number of rotatable bonds is 3. The molecule has 2 aliphatic heterocycles. The molecule has 1 unspecified atom stereocenters. The molecule has 4 nitrogen and oxygen atoms in total. The minimum Gasteiger partial charge on any atom is -0.381 e. The van der Waals surface area contributed by atoms with Gasteiger partial charge in [0.1, 0.15) is 0 Å². The zero-order valence-corrected chi connectivity index (χ0v) is 12.2. The van der Waals surface area contributed by atoms with E-state index in [9.17, 15) is 0 Å². The van der Waals surface area contributed by atoms with Crippen molar-refractivity contribution >= 4 is 0 Å². The molecular formula is C16H24N2O2. The lowest BCUT2D eigenvalue weighted by molar-refractivity contribution is -0.140. The number of hydrogen-bond donors (Lipinski definition) is 1. The lowest BCUT2D eigenvalue weighted by Gasteiger charge is -2.43. The fraction of sp³-hybridized carbons (Fsp3) is 0.688. The first-order chi connectivity index (χ1) is 9.77. The molecule has 1 atom stereocenters. The summed E-state index contributed by atoms with van der Waals surface area (Å²) in [7, 11) is 0. The fourth-order valence-corrected chi connectivity index (χ4v) is 3.24. The largest absolute Gasteiger partial charge is 0.381 e. The maximum atomic E-state index is 6.08. The highest BCUT2D eigenvalue weighted by atomic mass is 16.5. The van der Waals surface area contributed by atoms with Gasteiger partial charge in [0.2, 0.25) is 0 Å². The number of nitrogens with zero attached hydrogens (tertiary/aromatic N) is 1. The Kier molecular flexibility index (Phi) is 4.34. The van der Waals surface area contributed by atoms with Gasteiger partial charge in [0.05, 0.1) is 11.3 Å². The minimum absolute atomic E-state index is 0.0628. The first kappa shape index (κ1) is 14.0. The van der Waals surface area contributed by atoms with E-state index in [0.29, 0.717) is 6.04 Å². The molecule has 1 N–H and O–H groups in total. The third-order valence-electron chi connectivity index (χ3n) is 4.57. The highest BCUT2D eigenvalue weighted by molar-refractivity contribution is 5.17. The smallest absolute Gasteiger partial charge is 0.0741 e. The van der Waals surface area contributed by atoms with E-state index in [2.05, 4.69) is 23.3 Å². The molecular weight excluding hydrogens is 252 g/mol. The predicted octanol–water partition coefficient (Wildman–Crippen LogP) is 2.21. The molecule has 4 heteroatoms. The molecule has 1 spiro atoms. The number of aryl methyl sites for hydroxylation is 1. The molecule has 110 valence electrons. The normalized spacial score (nSPS) is 25.8. The summed E-state index contributed by atoms with van der Waals surface area (Å²) in [4.78, 5) is 4.45. The summed E-state index contributed by atoms with van der Waals surface area (Å²) >= 11 is 0. The predicted molar refractivity (Wildman–Crippen MR) is 77.6 cm³/mol. The van der Waals surface area contributed by atoms with Crippen LogP contribution in [0.15, 0.2) is 18.3 Å². The molecule has 0 aliphatic carbocycles. The zero-order valence-electron chi connectivity index (χ0n) is 12.2. The number of hydrogen-bond acceptors (Lipinski definition) is 4. The maximum Gasteiger partial charge on any atom is 0.0741 e. The molecule has 2 aliphatic rings. The minimum atomic E-state index is 0.0628. The Morgan fingerprint density at radius 2 is 2.20 bits per heavy atom. The Bertz CT molecular complexity index is 438. The lowest BCUT2D eigenvalue weighted by Crippen LogP contribution is -2.49. The number of nitrogens with one attached hydrogen (secondary N) is 1. The molecule has 3 heterocycles. The molecule has 0 saturated carbocycles. The SMILES string of the molecule is Cc1cccnc1CNC1CCOC2(CCOCC2)C1. The molecule has 0 aromatic carbocycles. The molecule has 1 aromatic rings. The van der Waals surface area contributed by atoms with Crippen molar-refractivity contribution in [2.75, 3.05) is 19.8 Å². The first-order valence-corrected chi connectivity index (χ1v) is 7.63. The van der Waals surface area contributed by atoms with Gasteiger partial charge in [-0.1, -0.05) is 6.07 Å². The van der Waals surface area contributed by atoms with E-state index in [1.54, 1.807) is 0 Å². The molecule has 0 amide bonds. The highest BCUT2D eigenvalue weighted by Gasteiger charge is 2.38.